The summed E-state index contributed by atoms with van der Waals surface area (Å²) in [4.78, 5) is 8.33. The molecule has 0 saturated carbocycles. The van der Waals surface area contributed by atoms with Gasteiger partial charge in [-0.05, 0) is 12.8 Å². The Kier molecular flexibility index (Phi) is 5.11. The first-order chi connectivity index (χ1) is 8.70. The molecule has 108 valence electrons. The van der Waals surface area contributed by atoms with Gasteiger partial charge in [0.25, 0.3) is 0 Å². The highest BCUT2D eigenvalue weighted by Crippen LogP contribution is 2.22. The molecule has 0 radical (unpaired) electrons. The van der Waals surface area contributed by atoms with E-state index < -0.39 is 12.8 Å². The molecule has 0 aliphatic carbocycles. The second-order valence-corrected chi connectivity index (χ2v) is 4.60. The maximum absolute atomic E-state index is 11.9. The average Bonchev–Trinajstić information content (AvgIpc) is 2.21. The molecule has 0 aliphatic rings. The topological polar surface area (TPSA) is 61.0 Å². The Hall–Kier alpha value is -1.37. The third-order valence-corrected chi connectivity index (χ3v) is 2.53. The van der Waals surface area contributed by atoms with Gasteiger partial charge in [-0.2, -0.15) is 13.2 Å². The lowest BCUT2D eigenvalue weighted by atomic mass is 10.0. The highest BCUT2D eigenvalue weighted by atomic mass is 19.4. The molecule has 0 aliphatic heterocycles. The highest BCUT2D eigenvalue weighted by Gasteiger charge is 2.27. The van der Waals surface area contributed by atoms with Gasteiger partial charge in [-0.1, -0.05) is 13.8 Å². The van der Waals surface area contributed by atoms with Crippen LogP contribution in [0.25, 0.3) is 0 Å². The summed E-state index contributed by atoms with van der Waals surface area (Å²) >= 11 is 0. The molecule has 4 nitrogen and oxygen atoms in total. The summed E-state index contributed by atoms with van der Waals surface area (Å²) in [7, 11) is 0. The van der Waals surface area contributed by atoms with Crippen LogP contribution in [0.15, 0.2) is 0 Å². The van der Waals surface area contributed by atoms with E-state index in [2.05, 4.69) is 14.7 Å². The second kappa shape index (κ2) is 6.18. The van der Waals surface area contributed by atoms with E-state index in [1.54, 1.807) is 0 Å². The minimum Gasteiger partial charge on any atom is -0.383 e. The lowest BCUT2D eigenvalue weighted by Crippen LogP contribution is -2.18. The SMILES string of the molecule is Cc1nc(CCOCC(F)(F)F)nc(N)c1C(C)C. The minimum absolute atomic E-state index is 0.0839. The molecule has 0 bridgehead atoms. The molecular weight excluding hydrogens is 259 g/mol. The van der Waals surface area contributed by atoms with Gasteiger partial charge < -0.3 is 10.5 Å². The number of nitrogen functional groups attached to an aromatic ring is 1. The van der Waals surface area contributed by atoms with E-state index >= 15 is 0 Å². The molecule has 7 heteroatoms. The van der Waals surface area contributed by atoms with Gasteiger partial charge in [0.05, 0.1) is 6.61 Å². The van der Waals surface area contributed by atoms with E-state index in [1.165, 1.54) is 0 Å². The van der Waals surface area contributed by atoms with E-state index in [9.17, 15) is 13.2 Å². The summed E-state index contributed by atoms with van der Waals surface area (Å²) in [6.07, 6.45) is -4.10. The number of anilines is 1. The fourth-order valence-electron chi connectivity index (χ4n) is 1.84. The van der Waals surface area contributed by atoms with E-state index in [0.717, 1.165) is 11.3 Å². The Morgan fingerprint density at radius 1 is 1.26 bits per heavy atom. The summed E-state index contributed by atoms with van der Waals surface area (Å²) in [6, 6.07) is 0. The molecule has 0 unspecified atom stereocenters. The third-order valence-electron chi connectivity index (χ3n) is 2.53. The molecule has 0 saturated heterocycles. The van der Waals surface area contributed by atoms with Crippen LogP contribution in [0.3, 0.4) is 0 Å². The fraction of sp³-hybridized carbons (Fsp3) is 0.667. The number of aryl methyl sites for hydroxylation is 1. The molecule has 0 atom stereocenters. The molecule has 19 heavy (non-hydrogen) atoms. The highest BCUT2D eigenvalue weighted by molar-refractivity contribution is 5.44. The summed E-state index contributed by atoms with van der Waals surface area (Å²) in [5.41, 5.74) is 7.46. The summed E-state index contributed by atoms with van der Waals surface area (Å²) in [6.45, 7) is 4.43. The predicted octanol–water partition coefficient (Wildman–Crippen LogP) is 2.61. The zero-order chi connectivity index (χ0) is 14.6. The van der Waals surface area contributed by atoms with Crippen molar-refractivity contribution in [3.8, 4) is 0 Å². The summed E-state index contributed by atoms with van der Waals surface area (Å²) in [5, 5.41) is 0. The third kappa shape index (κ3) is 5.02. The first-order valence-corrected chi connectivity index (χ1v) is 5.98. The fourth-order valence-corrected chi connectivity index (χ4v) is 1.84. The average molecular weight is 277 g/mol. The number of hydrogen-bond donors (Lipinski definition) is 1. The molecule has 1 rings (SSSR count). The van der Waals surface area contributed by atoms with Crippen LogP contribution in [-0.2, 0) is 11.2 Å². The quantitative estimate of drug-likeness (QED) is 0.840. The van der Waals surface area contributed by atoms with E-state index in [0.29, 0.717) is 11.6 Å². The molecule has 1 heterocycles. The largest absolute Gasteiger partial charge is 0.411 e. The van der Waals surface area contributed by atoms with Gasteiger partial charge in [-0.15, -0.1) is 0 Å². The van der Waals surface area contributed by atoms with Crippen LogP contribution in [0.5, 0.6) is 0 Å². The van der Waals surface area contributed by atoms with Crippen LogP contribution in [0.2, 0.25) is 0 Å². The summed E-state index contributed by atoms with van der Waals surface area (Å²) in [5.74, 6) is 0.991. The number of hydrogen-bond acceptors (Lipinski definition) is 4. The Morgan fingerprint density at radius 2 is 1.89 bits per heavy atom. The minimum atomic E-state index is -4.31. The Bertz CT molecular complexity index is 410. The zero-order valence-electron chi connectivity index (χ0n) is 11.2. The number of ether oxygens (including phenoxy) is 1. The summed E-state index contributed by atoms with van der Waals surface area (Å²) < 4.78 is 40.1. The molecular formula is C12H18F3N3O. The van der Waals surface area contributed by atoms with Crippen molar-refractivity contribution in [3.05, 3.63) is 17.1 Å². The van der Waals surface area contributed by atoms with Crippen molar-refractivity contribution in [3.63, 3.8) is 0 Å². The Balaban J connectivity index is 2.61. The van der Waals surface area contributed by atoms with Crippen LogP contribution >= 0.6 is 0 Å². The molecule has 0 aromatic carbocycles. The number of aromatic nitrogens is 2. The first-order valence-electron chi connectivity index (χ1n) is 5.98. The van der Waals surface area contributed by atoms with Gasteiger partial charge in [0.15, 0.2) is 0 Å². The van der Waals surface area contributed by atoms with E-state index in [-0.39, 0.29) is 18.9 Å². The molecule has 1 aromatic heterocycles. The lowest BCUT2D eigenvalue weighted by molar-refractivity contribution is -0.173. The number of halogens is 3. The Labute approximate surface area is 110 Å². The maximum atomic E-state index is 11.9. The van der Waals surface area contributed by atoms with Crippen LogP contribution < -0.4 is 5.73 Å². The Morgan fingerprint density at radius 3 is 2.37 bits per heavy atom. The molecule has 0 amide bonds. The van der Waals surface area contributed by atoms with Crippen molar-refractivity contribution in [1.29, 1.82) is 0 Å². The van der Waals surface area contributed by atoms with Crippen molar-refractivity contribution in [2.24, 2.45) is 0 Å². The number of alkyl halides is 3. The number of nitrogens with zero attached hydrogens (tertiary/aromatic N) is 2. The van der Waals surface area contributed by atoms with Crippen LogP contribution in [-0.4, -0.2) is 29.4 Å². The van der Waals surface area contributed by atoms with Crippen LogP contribution in [0, 0.1) is 6.92 Å². The van der Waals surface area contributed by atoms with E-state index in [4.69, 9.17) is 5.73 Å². The van der Waals surface area contributed by atoms with Gasteiger partial charge in [0.1, 0.15) is 18.2 Å². The monoisotopic (exact) mass is 277 g/mol. The van der Waals surface area contributed by atoms with Crippen molar-refractivity contribution in [1.82, 2.24) is 9.97 Å². The maximum Gasteiger partial charge on any atom is 0.411 e. The van der Waals surface area contributed by atoms with Gasteiger partial charge in [0, 0.05) is 17.7 Å². The van der Waals surface area contributed by atoms with Crippen LogP contribution in [0.1, 0.15) is 36.8 Å². The van der Waals surface area contributed by atoms with Crippen molar-refractivity contribution in [2.75, 3.05) is 18.9 Å². The van der Waals surface area contributed by atoms with Crippen molar-refractivity contribution < 1.29 is 17.9 Å². The standard InChI is InChI=1S/C12H18F3N3O/c1-7(2)10-8(3)17-9(18-11(10)16)4-5-19-6-12(13,14)15/h7H,4-6H2,1-3H3,(H2,16,17,18). The van der Waals surface area contributed by atoms with Gasteiger partial charge in [0.2, 0.25) is 0 Å². The number of rotatable bonds is 5. The van der Waals surface area contributed by atoms with Gasteiger partial charge in [-0.3, -0.25) is 0 Å². The molecule has 1 aromatic rings. The normalized spacial score (nSPS) is 12.2. The lowest BCUT2D eigenvalue weighted by Gasteiger charge is -2.13. The first kappa shape index (κ1) is 15.7. The van der Waals surface area contributed by atoms with E-state index in [1.807, 2.05) is 20.8 Å². The zero-order valence-corrected chi connectivity index (χ0v) is 11.2. The van der Waals surface area contributed by atoms with Crippen LogP contribution in [0.4, 0.5) is 19.0 Å². The number of nitrogens with two attached hydrogens (primary N) is 1. The molecule has 2 N–H and O–H groups in total. The van der Waals surface area contributed by atoms with Gasteiger partial charge in [-0.25, -0.2) is 9.97 Å². The molecule has 0 fully saturated rings. The second-order valence-electron chi connectivity index (χ2n) is 4.60. The molecule has 0 spiro atoms. The predicted molar refractivity (Wildman–Crippen MR) is 65.8 cm³/mol. The van der Waals surface area contributed by atoms with Crippen molar-refractivity contribution in [2.45, 2.75) is 39.3 Å². The van der Waals surface area contributed by atoms with Gasteiger partial charge >= 0.3 is 6.18 Å². The smallest absolute Gasteiger partial charge is 0.383 e. The van der Waals surface area contributed by atoms with Crippen molar-refractivity contribution >= 4 is 5.82 Å².